The highest BCUT2D eigenvalue weighted by Crippen LogP contribution is 2.42. The first-order chi connectivity index (χ1) is 16.9. The highest BCUT2D eigenvalue weighted by molar-refractivity contribution is 6.42. The predicted molar refractivity (Wildman–Crippen MR) is 145 cm³/mol. The Morgan fingerprint density at radius 2 is 1.49 bits per heavy atom. The number of likely N-dealkylation sites (tertiary alicyclic amines) is 1. The number of hydrogen-bond acceptors (Lipinski definition) is 4. The maximum absolute atomic E-state index is 12.6. The van der Waals surface area contributed by atoms with Crippen LogP contribution in [0, 0.1) is 0 Å². The summed E-state index contributed by atoms with van der Waals surface area (Å²) in [6, 6.07) is 25.2. The van der Waals surface area contributed by atoms with Crippen LogP contribution in [0.1, 0.15) is 48.8 Å². The molecule has 3 atom stereocenters. The Bertz CT molecular complexity index is 1080. The number of halogens is 2. The van der Waals surface area contributed by atoms with Crippen molar-refractivity contribution in [1.82, 2.24) is 4.90 Å². The van der Waals surface area contributed by atoms with Gasteiger partial charge in [-0.05, 0) is 54.7 Å². The summed E-state index contributed by atoms with van der Waals surface area (Å²) < 4.78 is 0. The standard InChI is InChI=1S/C29H34Cl2N2O2/c1-32(24-13-7-3-8-14-24)21-29(35,33-17-9-4-10-18-33)25(23-15-16-26(30)27(31)19-23)20-28(34)22-11-5-2-6-12-22/h2-3,5-8,11-16,19,25,28,34-35H,4,9-10,17-18,20-21H2,1H3. The van der Waals surface area contributed by atoms with Crippen LogP contribution in [0.4, 0.5) is 5.69 Å². The smallest absolute Gasteiger partial charge is 0.143 e. The van der Waals surface area contributed by atoms with Gasteiger partial charge in [-0.15, -0.1) is 0 Å². The van der Waals surface area contributed by atoms with Gasteiger partial charge in [-0.1, -0.05) is 84.2 Å². The number of piperidine rings is 1. The Kier molecular flexibility index (Phi) is 8.74. The Hall–Kier alpha value is -2.08. The third-order valence-corrected chi connectivity index (χ3v) is 7.86. The van der Waals surface area contributed by atoms with E-state index in [0.29, 0.717) is 23.0 Å². The molecular weight excluding hydrogens is 479 g/mol. The number of benzene rings is 3. The Morgan fingerprint density at radius 3 is 2.11 bits per heavy atom. The quantitative estimate of drug-likeness (QED) is 0.343. The molecule has 1 aliphatic heterocycles. The molecule has 3 aromatic carbocycles. The van der Waals surface area contributed by atoms with Gasteiger partial charge in [-0.2, -0.15) is 0 Å². The molecule has 0 aliphatic carbocycles. The molecule has 1 aliphatic rings. The van der Waals surface area contributed by atoms with Gasteiger partial charge in [0, 0.05) is 31.7 Å². The van der Waals surface area contributed by atoms with Gasteiger partial charge in [0.25, 0.3) is 0 Å². The lowest BCUT2D eigenvalue weighted by Crippen LogP contribution is -2.60. The summed E-state index contributed by atoms with van der Waals surface area (Å²) in [6.45, 7) is 1.99. The van der Waals surface area contributed by atoms with Gasteiger partial charge in [0.15, 0.2) is 0 Å². The summed E-state index contributed by atoms with van der Waals surface area (Å²) in [4.78, 5) is 4.29. The van der Waals surface area contributed by atoms with Crippen LogP contribution in [-0.4, -0.2) is 47.5 Å². The Morgan fingerprint density at radius 1 is 0.857 bits per heavy atom. The van der Waals surface area contributed by atoms with E-state index in [1.807, 2.05) is 79.8 Å². The molecule has 0 bridgehead atoms. The zero-order valence-corrected chi connectivity index (χ0v) is 21.7. The van der Waals surface area contributed by atoms with Crippen molar-refractivity contribution in [3.63, 3.8) is 0 Å². The van der Waals surface area contributed by atoms with Crippen molar-refractivity contribution in [2.45, 2.75) is 43.4 Å². The van der Waals surface area contributed by atoms with E-state index in [4.69, 9.17) is 23.2 Å². The summed E-state index contributed by atoms with van der Waals surface area (Å²) in [5.41, 5.74) is 1.48. The minimum atomic E-state index is -1.24. The minimum Gasteiger partial charge on any atom is -0.388 e. The molecule has 1 fully saturated rings. The van der Waals surface area contributed by atoms with Crippen molar-refractivity contribution in [2.75, 3.05) is 31.6 Å². The van der Waals surface area contributed by atoms with Crippen molar-refractivity contribution in [3.05, 3.63) is 100 Å². The van der Waals surface area contributed by atoms with Crippen LogP contribution in [0.15, 0.2) is 78.9 Å². The molecule has 0 radical (unpaired) electrons. The van der Waals surface area contributed by atoms with Crippen LogP contribution in [-0.2, 0) is 0 Å². The molecule has 3 unspecified atom stereocenters. The summed E-state index contributed by atoms with van der Waals surface area (Å²) in [5.74, 6) is -0.406. The zero-order chi connectivity index (χ0) is 24.8. The molecule has 4 nitrogen and oxygen atoms in total. The molecule has 2 N–H and O–H groups in total. The molecule has 0 amide bonds. The fourth-order valence-corrected chi connectivity index (χ4v) is 5.50. The van der Waals surface area contributed by atoms with E-state index < -0.39 is 17.7 Å². The van der Waals surface area contributed by atoms with Crippen LogP contribution in [0.3, 0.4) is 0 Å². The number of rotatable bonds is 9. The lowest BCUT2D eigenvalue weighted by Gasteiger charge is -2.49. The predicted octanol–water partition coefficient (Wildman–Crippen LogP) is 6.51. The van der Waals surface area contributed by atoms with Gasteiger partial charge < -0.3 is 15.1 Å². The Labute approximate surface area is 218 Å². The molecule has 3 aromatic rings. The average molecular weight is 514 g/mol. The normalized spacial score (nSPS) is 18.0. The second-order valence-corrected chi connectivity index (χ2v) is 10.3. The maximum atomic E-state index is 12.6. The lowest BCUT2D eigenvalue weighted by molar-refractivity contribution is -0.134. The number of aliphatic hydroxyl groups excluding tert-OH is 1. The largest absolute Gasteiger partial charge is 0.388 e. The van der Waals surface area contributed by atoms with Gasteiger partial charge in [-0.25, -0.2) is 0 Å². The van der Waals surface area contributed by atoms with E-state index in [9.17, 15) is 10.2 Å². The molecule has 0 aromatic heterocycles. The summed E-state index contributed by atoms with van der Waals surface area (Å²) in [5, 5.41) is 24.8. The number of hydrogen-bond donors (Lipinski definition) is 2. The van der Waals surface area contributed by atoms with Crippen LogP contribution in [0.2, 0.25) is 10.0 Å². The van der Waals surface area contributed by atoms with Crippen molar-refractivity contribution in [3.8, 4) is 0 Å². The molecule has 1 heterocycles. The number of likely N-dealkylation sites (N-methyl/N-ethyl adjacent to an activating group) is 1. The molecule has 4 rings (SSSR count). The van der Waals surface area contributed by atoms with E-state index in [1.54, 1.807) is 6.07 Å². The van der Waals surface area contributed by atoms with Gasteiger partial charge in [0.05, 0.1) is 22.7 Å². The van der Waals surface area contributed by atoms with Crippen LogP contribution >= 0.6 is 23.2 Å². The van der Waals surface area contributed by atoms with Crippen molar-refractivity contribution < 1.29 is 10.2 Å². The number of nitrogens with zero attached hydrogens (tertiary/aromatic N) is 2. The molecule has 0 spiro atoms. The SMILES string of the molecule is CN(CC(O)(C(CC(O)c1ccccc1)c1ccc(Cl)c(Cl)c1)N1CCCCC1)c1ccccc1. The fraction of sp³-hybridized carbons (Fsp3) is 0.379. The Balaban J connectivity index is 1.76. The first kappa shape index (κ1) is 26.0. The van der Waals surface area contributed by atoms with E-state index >= 15 is 0 Å². The first-order valence-electron chi connectivity index (χ1n) is 12.3. The third-order valence-electron chi connectivity index (χ3n) is 7.12. The van der Waals surface area contributed by atoms with Gasteiger partial charge >= 0.3 is 0 Å². The number of anilines is 1. The third kappa shape index (κ3) is 6.19. The fourth-order valence-electron chi connectivity index (χ4n) is 5.19. The van der Waals surface area contributed by atoms with Gasteiger partial charge in [0.1, 0.15) is 5.72 Å². The summed E-state index contributed by atoms with van der Waals surface area (Å²) >= 11 is 12.7. The molecule has 0 saturated carbocycles. The molecule has 35 heavy (non-hydrogen) atoms. The second kappa shape index (κ2) is 11.8. The van der Waals surface area contributed by atoms with E-state index in [1.165, 1.54) is 0 Å². The summed E-state index contributed by atoms with van der Waals surface area (Å²) in [7, 11) is 2.00. The molecule has 1 saturated heterocycles. The number of para-hydroxylation sites is 1. The van der Waals surface area contributed by atoms with Crippen molar-refractivity contribution >= 4 is 28.9 Å². The van der Waals surface area contributed by atoms with Crippen molar-refractivity contribution in [2.24, 2.45) is 0 Å². The van der Waals surface area contributed by atoms with Gasteiger partial charge in [0.2, 0.25) is 0 Å². The topological polar surface area (TPSA) is 46.9 Å². The van der Waals surface area contributed by atoms with Crippen LogP contribution < -0.4 is 4.90 Å². The average Bonchev–Trinajstić information content (AvgIpc) is 2.90. The highest BCUT2D eigenvalue weighted by atomic mass is 35.5. The molecular formula is C29H34Cl2N2O2. The van der Waals surface area contributed by atoms with E-state index in [0.717, 1.165) is 49.2 Å². The second-order valence-electron chi connectivity index (χ2n) is 9.51. The van der Waals surface area contributed by atoms with E-state index in [-0.39, 0.29) is 0 Å². The first-order valence-corrected chi connectivity index (χ1v) is 13.1. The minimum absolute atomic E-state index is 0.345. The van der Waals surface area contributed by atoms with Crippen LogP contribution in [0.25, 0.3) is 0 Å². The van der Waals surface area contributed by atoms with Gasteiger partial charge in [-0.3, -0.25) is 4.90 Å². The lowest BCUT2D eigenvalue weighted by atomic mass is 9.80. The van der Waals surface area contributed by atoms with Crippen LogP contribution in [0.5, 0.6) is 0 Å². The number of aliphatic hydroxyl groups is 2. The zero-order valence-electron chi connectivity index (χ0n) is 20.2. The maximum Gasteiger partial charge on any atom is 0.143 e. The van der Waals surface area contributed by atoms with E-state index in [2.05, 4.69) is 9.80 Å². The summed E-state index contributed by atoms with van der Waals surface area (Å²) in [6.07, 6.45) is 2.83. The monoisotopic (exact) mass is 512 g/mol. The van der Waals surface area contributed by atoms with Crippen molar-refractivity contribution in [1.29, 1.82) is 0 Å². The molecule has 6 heteroatoms. The molecule has 186 valence electrons. The highest BCUT2D eigenvalue weighted by Gasteiger charge is 2.45.